The van der Waals surface area contributed by atoms with Crippen LogP contribution in [0.2, 0.25) is 10.0 Å². The van der Waals surface area contributed by atoms with E-state index in [4.69, 9.17) is 32.7 Å². The van der Waals surface area contributed by atoms with Crippen molar-refractivity contribution in [1.29, 1.82) is 0 Å². The van der Waals surface area contributed by atoms with Crippen molar-refractivity contribution in [1.82, 2.24) is 4.90 Å². The summed E-state index contributed by atoms with van der Waals surface area (Å²) in [6.45, 7) is 3.22. The summed E-state index contributed by atoms with van der Waals surface area (Å²) < 4.78 is 10.4. The molecule has 1 heterocycles. The molecule has 1 aromatic rings. The van der Waals surface area contributed by atoms with Gasteiger partial charge >= 0.3 is 5.97 Å². The molecule has 0 bridgehead atoms. The Balaban J connectivity index is 0.00000220. The van der Waals surface area contributed by atoms with Gasteiger partial charge in [0, 0.05) is 6.54 Å². The number of carbonyl (C=O) groups excluding carboxylic acids is 1. The molecule has 0 amide bonds. The van der Waals surface area contributed by atoms with Crippen LogP contribution in [0.1, 0.15) is 23.2 Å². The van der Waals surface area contributed by atoms with Crippen LogP contribution in [0.3, 0.4) is 0 Å². The number of likely N-dealkylation sites (tertiary alicyclic amines) is 1. The maximum absolute atomic E-state index is 12.1. The molecule has 0 radical (unpaired) electrons. The third-order valence-electron chi connectivity index (χ3n) is 3.31. The Morgan fingerprint density at radius 2 is 1.86 bits per heavy atom. The average Bonchev–Trinajstić information content (AvgIpc) is 2.94. The van der Waals surface area contributed by atoms with Gasteiger partial charge in [-0.05, 0) is 38.1 Å². The summed E-state index contributed by atoms with van der Waals surface area (Å²) in [5.41, 5.74) is 0.183. The van der Waals surface area contributed by atoms with Crippen molar-refractivity contribution in [3.8, 4) is 5.75 Å². The second-order valence-corrected chi connectivity index (χ2v) is 5.44. The number of carbonyl (C=O) groups is 1. The summed E-state index contributed by atoms with van der Waals surface area (Å²) >= 11 is 12.0. The maximum atomic E-state index is 12.1. The Morgan fingerprint density at radius 1 is 1.24 bits per heavy atom. The van der Waals surface area contributed by atoms with E-state index in [1.165, 1.54) is 20.0 Å². The quantitative estimate of drug-likeness (QED) is 0.756. The molecular weight excluding hydrogens is 337 g/mol. The van der Waals surface area contributed by atoms with Crippen LogP contribution in [0, 0.1) is 0 Å². The number of ether oxygens (including phenoxy) is 2. The highest BCUT2D eigenvalue weighted by Crippen LogP contribution is 2.34. The maximum Gasteiger partial charge on any atom is 0.343 e. The van der Waals surface area contributed by atoms with Crippen LogP contribution >= 0.6 is 35.6 Å². The smallest absolute Gasteiger partial charge is 0.343 e. The van der Waals surface area contributed by atoms with E-state index < -0.39 is 5.97 Å². The van der Waals surface area contributed by atoms with Crippen molar-refractivity contribution >= 4 is 41.6 Å². The number of rotatable bonds is 5. The molecule has 0 atom stereocenters. The van der Waals surface area contributed by atoms with E-state index in [0.717, 1.165) is 19.6 Å². The Hall–Kier alpha value is -0.680. The molecule has 0 N–H and O–H groups in total. The number of esters is 1. The first-order valence-electron chi connectivity index (χ1n) is 6.55. The van der Waals surface area contributed by atoms with Crippen LogP contribution in [-0.4, -0.2) is 44.2 Å². The minimum absolute atomic E-state index is 0. The molecule has 1 saturated heterocycles. The highest BCUT2D eigenvalue weighted by molar-refractivity contribution is 6.37. The average molecular weight is 355 g/mol. The van der Waals surface area contributed by atoms with Crippen LogP contribution in [0.15, 0.2) is 12.1 Å². The van der Waals surface area contributed by atoms with Crippen molar-refractivity contribution < 1.29 is 14.3 Å². The predicted molar refractivity (Wildman–Crippen MR) is 86.2 cm³/mol. The van der Waals surface area contributed by atoms with Crippen molar-refractivity contribution in [2.24, 2.45) is 0 Å². The van der Waals surface area contributed by atoms with Gasteiger partial charge < -0.3 is 9.47 Å². The fraction of sp³-hybridized carbons (Fsp3) is 0.500. The Labute approximate surface area is 140 Å². The Kier molecular flexibility index (Phi) is 7.60. The lowest BCUT2D eigenvalue weighted by atomic mass is 10.2. The second kappa shape index (κ2) is 8.69. The fourth-order valence-corrected chi connectivity index (χ4v) is 2.73. The monoisotopic (exact) mass is 353 g/mol. The van der Waals surface area contributed by atoms with Crippen molar-refractivity contribution in [3.63, 3.8) is 0 Å². The highest BCUT2D eigenvalue weighted by atomic mass is 35.5. The standard InChI is InChI=1S/C14H17Cl2NO3.ClH/c1-19-13-11(16)5-4-10(15)12(13)14(18)20-9-8-17-6-2-3-7-17;/h4-5H,2-3,6-9H2,1H3;1H. The van der Waals surface area contributed by atoms with Gasteiger partial charge in [-0.1, -0.05) is 23.2 Å². The van der Waals surface area contributed by atoms with E-state index in [2.05, 4.69) is 4.90 Å². The summed E-state index contributed by atoms with van der Waals surface area (Å²) in [4.78, 5) is 14.4. The molecular formula is C14H18Cl3NO3. The Morgan fingerprint density at radius 3 is 2.48 bits per heavy atom. The molecule has 0 aromatic heterocycles. The van der Waals surface area contributed by atoms with E-state index in [9.17, 15) is 4.79 Å². The summed E-state index contributed by atoms with van der Waals surface area (Å²) in [5, 5.41) is 0.612. The summed E-state index contributed by atoms with van der Waals surface area (Å²) in [6, 6.07) is 3.15. The van der Waals surface area contributed by atoms with Crippen LogP contribution in [0.5, 0.6) is 5.75 Å². The molecule has 1 aliphatic rings. The van der Waals surface area contributed by atoms with Gasteiger partial charge in [-0.15, -0.1) is 12.4 Å². The van der Waals surface area contributed by atoms with Crippen LogP contribution in [-0.2, 0) is 4.74 Å². The number of halogens is 3. The SMILES string of the molecule is COc1c(Cl)ccc(Cl)c1C(=O)OCCN1CCCC1.Cl. The number of nitrogens with zero attached hydrogens (tertiary/aromatic N) is 1. The van der Waals surface area contributed by atoms with E-state index in [0.29, 0.717) is 11.6 Å². The zero-order chi connectivity index (χ0) is 14.5. The molecule has 0 saturated carbocycles. The molecule has 1 fully saturated rings. The van der Waals surface area contributed by atoms with Crippen LogP contribution in [0.4, 0.5) is 0 Å². The lowest BCUT2D eigenvalue weighted by Gasteiger charge is -2.15. The molecule has 4 nitrogen and oxygen atoms in total. The molecule has 0 unspecified atom stereocenters. The molecule has 118 valence electrons. The number of benzene rings is 1. The molecule has 7 heteroatoms. The highest BCUT2D eigenvalue weighted by Gasteiger charge is 2.21. The Bertz CT molecular complexity index is 491. The second-order valence-electron chi connectivity index (χ2n) is 4.62. The number of hydrogen-bond donors (Lipinski definition) is 0. The first-order chi connectivity index (χ1) is 9.63. The third kappa shape index (κ3) is 4.65. The van der Waals surface area contributed by atoms with Crippen molar-refractivity contribution in [3.05, 3.63) is 27.7 Å². The molecule has 1 aliphatic heterocycles. The third-order valence-corrected chi connectivity index (χ3v) is 3.92. The van der Waals surface area contributed by atoms with Crippen LogP contribution < -0.4 is 4.74 Å². The predicted octanol–water partition coefficient (Wildman–Crippen LogP) is 3.68. The normalized spacial score (nSPS) is 14.6. The van der Waals surface area contributed by atoms with E-state index in [1.807, 2.05) is 0 Å². The van der Waals surface area contributed by atoms with E-state index in [1.54, 1.807) is 12.1 Å². The first kappa shape index (κ1) is 18.4. The van der Waals surface area contributed by atoms with Gasteiger partial charge in [0.2, 0.25) is 0 Å². The fourth-order valence-electron chi connectivity index (χ4n) is 2.27. The van der Waals surface area contributed by atoms with Crippen molar-refractivity contribution in [2.75, 3.05) is 33.4 Å². The number of methoxy groups -OCH3 is 1. The van der Waals surface area contributed by atoms with E-state index >= 15 is 0 Å². The molecule has 0 spiro atoms. The summed E-state index contributed by atoms with van der Waals surface area (Å²) in [7, 11) is 1.44. The zero-order valence-electron chi connectivity index (χ0n) is 11.7. The lowest BCUT2D eigenvalue weighted by molar-refractivity contribution is 0.0469. The van der Waals surface area contributed by atoms with Gasteiger partial charge in [-0.25, -0.2) is 4.79 Å². The first-order valence-corrected chi connectivity index (χ1v) is 7.30. The van der Waals surface area contributed by atoms with Gasteiger partial charge in [-0.2, -0.15) is 0 Å². The zero-order valence-corrected chi connectivity index (χ0v) is 14.1. The van der Waals surface area contributed by atoms with E-state index in [-0.39, 0.29) is 28.7 Å². The molecule has 21 heavy (non-hydrogen) atoms. The van der Waals surface area contributed by atoms with Gasteiger partial charge in [0.15, 0.2) is 5.75 Å². The largest absolute Gasteiger partial charge is 0.494 e. The lowest BCUT2D eigenvalue weighted by Crippen LogP contribution is -2.25. The topological polar surface area (TPSA) is 38.8 Å². The van der Waals surface area contributed by atoms with Gasteiger partial charge in [0.1, 0.15) is 12.2 Å². The van der Waals surface area contributed by atoms with Gasteiger partial charge in [-0.3, -0.25) is 4.90 Å². The minimum Gasteiger partial charge on any atom is -0.494 e. The molecule has 2 rings (SSSR count). The summed E-state index contributed by atoms with van der Waals surface area (Å²) in [5.74, 6) is -0.251. The van der Waals surface area contributed by atoms with Gasteiger partial charge in [0.25, 0.3) is 0 Å². The van der Waals surface area contributed by atoms with Crippen molar-refractivity contribution in [2.45, 2.75) is 12.8 Å². The molecule has 1 aromatic carbocycles. The summed E-state index contributed by atoms with van der Waals surface area (Å²) in [6.07, 6.45) is 2.42. The minimum atomic E-state index is -0.506. The number of hydrogen-bond acceptors (Lipinski definition) is 4. The molecule has 0 aliphatic carbocycles. The van der Waals surface area contributed by atoms with Gasteiger partial charge in [0.05, 0.1) is 17.2 Å². The van der Waals surface area contributed by atoms with Crippen LogP contribution in [0.25, 0.3) is 0 Å².